The molecule has 5 amide bonds. The fourth-order valence-electron chi connectivity index (χ4n) is 13.0. The van der Waals surface area contributed by atoms with Crippen molar-refractivity contribution in [2.75, 3.05) is 80.2 Å². The zero-order chi connectivity index (χ0) is 71.4. The second-order valence-electron chi connectivity index (χ2n) is 25.9. The number of hydrogen-bond donors (Lipinski definition) is 5. The van der Waals surface area contributed by atoms with E-state index in [1.807, 2.05) is 35.3 Å². The normalized spacial score (nSPS) is 17.8. The Labute approximate surface area is 582 Å². The number of hydrogen-bond acceptors (Lipinski definition) is 21. The van der Waals surface area contributed by atoms with Crippen LogP contribution in [0.1, 0.15) is 101 Å². The van der Waals surface area contributed by atoms with Crippen LogP contribution in [0.5, 0.6) is 28.7 Å². The molecule has 4 aliphatic rings. The molecule has 101 heavy (non-hydrogen) atoms. The topological polar surface area (TPSA) is 358 Å². The van der Waals surface area contributed by atoms with E-state index < -0.39 is 66.9 Å². The Bertz CT molecular complexity index is 4210. The number of unbranched alkanes of at least 4 members (excludes halogenated alkanes) is 6. The van der Waals surface area contributed by atoms with Gasteiger partial charge in [-0.15, -0.1) is 0 Å². The first kappa shape index (κ1) is 71.9. The van der Waals surface area contributed by atoms with E-state index in [9.17, 15) is 54.5 Å². The minimum absolute atomic E-state index is 0.0435. The SMILES string of the molecule is COc1ccc2cc3[n+](cc2c1OC(=O)N(C)CCN(C)C(=O)OCCCCCCCCCC(=O)Nc1cc(COC(=O)N(C)CCN(C)C(=O)n2ccc4c(-c5cnn([C@H](CC#N)C6CCCC6)c5)ncnc42)ccc1O[C@@H]1O[C@H](C(=O)O)[C@@H](O)[C@H](O)[C@H]1O)CCc1cc2c(cc1-3)OCO2. The van der Waals surface area contributed by atoms with Crippen LogP contribution in [0, 0.1) is 17.2 Å². The van der Waals surface area contributed by atoms with Crippen LogP contribution in [0.15, 0.2) is 85.7 Å². The molecule has 4 aromatic heterocycles. The molecule has 5 N–H and O–H groups in total. The number of likely N-dealkylation sites (N-methyl/N-ethyl adjacent to an activating group) is 4. The molecule has 536 valence electrons. The number of carbonyl (C=O) groups is 6. The van der Waals surface area contributed by atoms with Gasteiger partial charge in [-0.05, 0) is 90.6 Å². The van der Waals surface area contributed by atoms with Gasteiger partial charge in [0.05, 0.1) is 60.8 Å². The Hall–Kier alpha value is -10.4. The molecule has 2 fully saturated rings. The molecule has 1 saturated heterocycles. The van der Waals surface area contributed by atoms with E-state index in [0.717, 1.165) is 91.3 Å². The van der Waals surface area contributed by atoms with Gasteiger partial charge in [0.15, 0.2) is 47.5 Å². The second kappa shape index (κ2) is 32.8. The zero-order valence-electron chi connectivity index (χ0n) is 57.1. The average molecular weight is 1390 g/mol. The number of nitrogens with one attached hydrogen (secondary N) is 1. The van der Waals surface area contributed by atoms with Gasteiger partial charge in [0.25, 0.3) is 0 Å². The van der Waals surface area contributed by atoms with Crippen LogP contribution >= 0.6 is 0 Å². The average Bonchev–Trinajstić information content (AvgIpc) is 1.52. The number of carboxylic acids is 1. The highest BCUT2D eigenvalue weighted by Gasteiger charge is 2.48. The predicted molar refractivity (Wildman–Crippen MR) is 362 cm³/mol. The number of amides is 5. The van der Waals surface area contributed by atoms with Gasteiger partial charge in [0.1, 0.15) is 37.0 Å². The van der Waals surface area contributed by atoms with Gasteiger partial charge in [0.2, 0.25) is 24.7 Å². The van der Waals surface area contributed by atoms with Crippen molar-refractivity contribution < 1.29 is 91.7 Å². The highest BCUT2D eigenvalue weighted by atomic mass is 16.7. The number of pyridine rings is 1. The molecule has 0 radical (unpaired) electrons. The lowest BCUT2D eigenvalue weighted by Gasteiger charge is -2.38. The highest BCUT2D eigenvalue weighted by molar-refractivity contribution is 5.97. The third-order valence-corrected chi connectivity index (χ3v) is 18.9. The van der Waals surface area contributed by atoms with Gasteiger partial charge in [-0.2, -0.15) is 14.9 Å². The molecule has 0 unspecified atom stereocenters. The minimum Gasteiger partial charge on any atom is -0.493 e. The minimum atomic E-state index is -1.97. The predicted octanol–water partition coefficient (Wildman–Crippen LogP) is 8.04. The molecule has 1 aliphatic carbocycles. The molecular weight excluding hydrogens is 1310 g/mol. The van der Waals surface area contributed by atoms with E-state index in [1.54, 1.807) is 45.7 Å². The molecular formula is C71H85N12O18+. The van der Waals surface area contributed by atoms with Gasteiger partial charge in [-0.3, -0.25) is 14.0 Å². The third-order valence-electron chi connectivity index (χ3n) is 18.9. The van der Waals surface area contributed by atoms with Crippen molar-refractivity contribution >= 4 is 63.7 Å². The van der Waals surface area contributed by atoms with Crippen LogP contribution in [0.25, 0.3) is 44.3 Å². The molecule has 3 aliphatic heterocycles. The number of carbonyl (C=O) groups excluding carboxylic acids is 5. The molecule has 11 rings (SSSR count). The van der Waals surface area contributed by atoms with Gasteiger partial charge in [0, 0.05) is 96.6 Å². The van der Waals surface area contributed by atoms with Crippen molar-refractivity contribution in [2.24, 2.45) is 5.92 Å². The summed E-state index contributed by atoms with van der Waals surface area (Å²) < 4.78 is 50.7. The number of benzene rings is 3. The number of anilines is 1. The molecule has 1 saturated carbocycles. The van der Waals surface area contributed by atoms with Crippen molar-refractivity contribution in [1.82, 2.24) is 43.9 Å². The number of nitrogens with zero attached hydrogens (tertiary/aromatic N) is 11. The van der Waals surface area contributed by atoms with E-state index >= 15 is 0 Å². The number of aliphatic carboxylic acids is 1. The Morgan fingerprint density at radius 3 is 2.21 bits per heavy atom. The Balaban J connectivity index is 0.602. The number of carboxylic acid groups (broad SMARTS) is 1. The molecule has 0 spiro atoms. The van der Waals surface area contributed by atoms with Crippen molar-refractivity contribution in [3.05, 3.63) is 96.8 Å². The first-order valence-corrected chi connectivity index (χ1v) is 34.0. The molecule has 7 aromatic rings. The first-order chi connectivity index (χ1) is 48.8. The molecule has 30 nitrogen and oxygen atoms in total. The van der Waals surface area contributed by atoms with E-state index in [4.69, 9.17) is 37.9 Å². The summed E-state index contributed by atoms with van der Waals surface area (Å²) in [6.45, 7) is 1.33. The Kier molecular flexibility index (Phi) is 23.3. The quantitative estimate of drug-likeness (QED) is 0.0229. The maximum absolute atomic E-state index is 13.8. The summed E-state index contributed by atoms with van der Waals surface area (Å²) in [5.74, 6) is 0.372. The highest BCUT2D eigenvalue weighted by Crippen LogP contribution is 2.43. The fourth-order valence-corrected chi connectivity index (χ4v) is 13.0. The number of rotatable bonds is 28. The smallest absolute Gasteiger partial charge is 0.415 e. The lowest BCUT2D eigenvalue weighted by atomic mass is 9.95. The van der Waals surface area contributed by atoms with Gasteiger partial charge in [-0.25, -0.2) is 33.9 Å². The summed E-state index contributed by atoms with van der Waals surface area (Å²) >= 11 is 0. The number of nitriles is 1. The summed E-state index contributed by atoms with van der Waals surface area (Å²) in [4.78, 5) is 93.5. The van der Waals surface area contributed by atoms with Crippen LogP contribution in [0.2, 0.25) is 0 Å². The summed E-state index contributed by atoms with van der Waals surface area (Å²) in [7, 11) is 7.80. The van der Waals surface area contributed by atoms with Crippen molar-refractivity contribution in [3.63, 3.8) is 0 Å². The summed E-state index contributed by atoms with van der Waals surface area (Å²) in [6, 6.07) is 17.8. The van der Waals surface area contributed by atoms with E-state index in [1.165, 1.54) is 62.9 Å². The Morgan fingerprint density at radius 2 is 1.48 bits per heavy atom. The number of aromatic nitrogens is 6. The summed E-state index contributed by atoms with van der Waals surface area (Å²) in [6.07, 6.45) is 7.88. The van der Waals surface area contributed by atoms with E-state index in [2.05, 4.69) is 37.1 Å². The number of aliphatic hydroxyl groups is 3. The van der Waals surface area contributed by atoms with Crippen LogP contribution < -0.4 is 33.6 Å². The number of methoxy groups -OCH3 is 1. The molecule has 30 heteroatoms. The van der Waals surface area contributed by atoms with Gasteiger partial charge in [-0.1, -0.05) is 51.0 Å². The number of aliphatic hydroxyl groups excluding tert-OH is 3. The molecule has 0 bridgehead atoms. The van der Waals surface area contributed by atoms with E-state index in [0.29, 0.717) is 77.3 Å². The number of fused-ring (bicyclic) bond motifs is 6. The summed E-state index contributed by atoms with van der Waals surface area (Å²) in [5, 5.41) is 60.4. The standard InChI is InChI=1S/C71H84N12O18/c1-77(68(90)82-27-24-48-59(73-41-74-65(48)82)47-37-75-83(38-47)52(22-25-72)44-15-12-13-16-44)28-29-79(3)70(92)96-40-43-18-20-54(99-67-62(87)60(85)61(86)64(100-67)66(88)89)51(33-43)76-58(84)17-11-9-7-6-8-10-14-32-95-69(91)78(2)30-31-80(4)71(93)101-63-50-39-81-26-23-46-35-56-57(98-42-97-56)36-49(46)53(81)34-45(50)19-21-55(63)94-5/h18-21,24,27,33-39,41,44,52,60-62,64,67,85-87H,6-17,22-23,26,28-32,40,42H2,1-5H3,(H-,76,84,88,89)/p+1/t52-,60+,61+,62-,64+,67-/m1/s1. The largest absolute Gasteiger partial charge is 0.493 e. The maximum atomic E-state index is 13.8. The van der Waals surface area contributed by atoms with Crippen molar-refractivity contribution in [1.29, 1.82) is 5.26 Å². The van der Waals surface area contributed by atoms with Crippen molar-refractivity contribution in [2.45, 2.75) is 140 Å². The van der Waals surface area contributed by atoms with E-state index in [-0.39, 0.29) is 75.8 Å². The monoisotopic (exact) mass is 1390 g/mol. The lowest BCUT2D eigenvalue weighted by molar-refractivity contribution is -0.686. The van der Waals surface area contributed by atoms with Gasteiger partial charge < -0.3 is 83.2 Å². The Morgan fingerprint density at radius 1 is 0.782 bits per heavy atom. The molecule has 7 heterocycles. The number of ether oxygens (including phenoxy) is 8. The summed E-state index contributed by atoms with van der Waals surface area (Å²) in [5.41, 5.74) is 5.34. The zero-order valence-corrected chi connectivity index (χ0v) is 57.1. The molecule has 3 aromatic carbocycles. The van der Waals surface area contributed by atoms with Gasteiger partial charge >= 0.3 is 30.3 Å². The first-order valence-electron chi connectivity index (χ1n) is 34.0. The van der Waals surface area contributed by atoms with Crippen LogP contribution in [-0.2, 0) is 43.4 Å². The fraction of sp³-hybridized carbons (Fsp3) is 0.479. The maximum Gasteiger partial charge on any atom is 0.415 e. The molecule has 6 atom stereocenters. The lowest BCUT2D eigenvalue weighted by Crippen LogP contribution is -2.61. The third kappa shape index (κ3) is 16.8. The second-order valence-corrected chi connectivity index (χ2v) is 25.9. The van der Waals surface area contributed by atoms with Crippen molar-refractivity contribution in [3.8, 4) is 57.3 Å². The number of aryl methyl sites for hydroxylation is 2. The van der Waals surface area contributed by atoms with Crippen LogP contribution in [-0.4, -0.2) is 206 Å². The van der Waals surface area contributed by atoms with Crippen LogP contribution in [0.3, 0.4) is 0 Å². The van der Waals surface area contributed by atoms with Crippen LogP contribution in [0.4, 0.5) is 24.9 Å².